The largest absolute Gasteiger partial charge is 0.351 e. The quantitative estimate of drug-likeness (QED) is 0.874. The molecule has 0 unspecified atom stereocenters. The maximum absolute atomic E-state index is 11.7. The van der Waals surface area contributed by atoms with Crippen molar-refractivity contribution < 1.29 is 4.79 Å². The Balaban J connectivity index is 1.64. The lowest BCUT2D eigenvalue weighted by Crippen LogP contribution is -2.44. The van der Waals surface area contributed by atoms with E-state index in [1.54, 1.807) is 0 Å². The first-order valence-corrected chi connectivity index (χ1v) is 8.01. The minimum atomic E-state index is -0.148. The molecule has 1 fully saturated rings. The first-order valence-electron chi connectivity index (χ1n) is 7.63. The fraction of sp³-hybridized carbons (Fsp3) is 0.588. The van der Waals surface area contributed by atoms with Gasteiger partial charge in [-0.2, -0.15) is 0 Å². The SMILES string of the molecule is CC(C)(C)NC(=O)CCNC1CC(c2cccc(Cl)c2)C1. The summed E-state index contributed by atoms with van der Waals surface area (Å²) in [5, 5.41) is 7.24. The number of benzene rings is 1. The zero-order chi connectivity index (χ0) is 15.5. The van der Waals surface area contributed by atoms with Gasteiger partial charge in [-0.3, -0.25) is 4.79 Å². The van der Waals surface area contributed by atoms with Crippen LogP contribution in [0, 0.1) is 0 Å². The van der Waals surface area contributed by atoms with Crippen LogP contribution in [0.25, 0.3) is 0 Å². The molecule has 116 valence electrons. The standard InChI is InChI=1S/C17H25ClN2O/c1-17(2,3)20-16(21)7-8-19-15-10-13(11-15)12-5-4-6-14(18)9-12/h4-6,9,13,15,19H,7-8,10-11H2,1-3H3,(H,20,21). The van der Waals surface area contributed by atoms with Crippen molar-refractivity contribution in [3.05, 3.63) is 34.9 Å². The summed E-state index contributed by atoms with van der Waals surface area (Å²) in [4.78, 5) is 11.7. The topological polar surface area (TPSA) is 41.1 Å². The molecule has 0 radical (unpaired) electrons. The van der Waals surface area contributed by atoms with Crippen LogP contribution in [0.5, 0.6) is 0 Å². The highest BCUT2D eigenvalue weighted by atomic mass is 35.5. The predicted molar refractivity (Wildman–Crippen MR) is 87.7 cm³/mol. The Kier molecular flexibility index (Phi) is 5.28. The highest BCUT2D eigenvalue weighted by Crippen LogP contribution is 2.37. The van der Waals surface area contributed by atoms with Gasteiger partial charge in [-0.1, -0.05) is 23.7 Å². The van der Waals surface area contributed by atoms with Crippen LogP contribution in [-0.4, -0.2) is 24.0 Å². The molecule has 0 aliphatic heterocycles. The van der Waals surface area contributed by atoms with Crippen LogP contribution < -0.4 is 10.6 Å². The Bertz CT molecular complexity index is 490. The number of halogens is 1. The normalized spacial score (nSPS) is 21.7. The lowest BCUT2D eigenvalue weighted by Gasteiger charge is -2.36. The lowest BCUT2D eigenvalue weighted by molar-refractivity contribution is -0.122. The molecule has 3 nitrogen and oxygen atoms in total. The summed E-state index contributed by atoms with van der Waals surface area (Å²) < 4.78 is 0. The molecule has 4 heteroatoms. The Labute approximate surface area is 132 Å². The average molecular weight is 309 g/mol. The number of hydrogen-bond acceptors (Lipinski definition) is 2. The van der Waals surface area contributed by atoms with Crippen molar-refractivity contribution in [3.63, 3.8) is 0 Å². The molecule has 0 heterocycles. The van der Waals surface area contributed by atoms with E-state index >= 15 is 0 Å². The minimum absolute atomic E-state index is 0.112. The van der Waals surface area contributed by atoms with Gasteiger partial charge in [0.25, 0.3) is 0 Å². The van der Waals surface area contributed by atoms with Crippen molar-refractivity contribution in [3.8, 4) is 0 Å². The molecule has 0 saturated heterocycles. The molecule has 21 heavy (non-hydrogen) atoms. The second-order valence-corrected chi connectivity index (χ2v) is 7.36. The van der Waals surface area contributed by atoms with Crippen LogP contribution >= 0.6 is 11.6 Å². The summed E-state index contributed by atoms with van der Waals surface area (Å²) in [6, 6.07) is 8.64. The van der Waals surface area contributed by atoms with Crippen molar-refractivity contribution in [2.24, 2.45) is 0 Å². The molecule has 1 aromatic rings. The highest BCUT2D eigenvalue weighted by molar-refractivity contribution is 6.30. The predicted octanol–water partition coefficient (Wildman–Crippen LogP) is 3.48. The van der Waals surface area contributed by atoms with Gasteiger partial charge in [-0.05, 0) is 57.2 Å². The van der Waals surface area contributed by atoms with E-state index in [0.29, 0.717) is 18.4 Å². The van der Waals surface area contributed by atoms with Crippen LogP contribution in [0.1, 0.15) is 51.5 Å². The number of nitrogens with one attached hydrogen (secondary N) is 2. The van der Waals surface area contributed by atoms with E-state index in [2.05, 4.69) is 22.8 Å². The first kappa shape index (κ1) is 16.3. The fourth-order valence-corrected chi connectivity index (χ4v) is 2.89. The van der Waals surface area contributed by atoms with Gasteiger partial charge in [0, 0.05) is 29.6 Å². The van der Waals surface area contributed by atoms with Gasteiger partial charge in [-0.25, -0.2) is 0 Å². The Morgan fingerprint density at radius 2 is 2.05 bits per heavy atom. The number of carbonyl (C=O) groups is 1. The number of rotatable bonds is 5. The Morgan fingerprint density at radius 1 is 1.33 bits per heavy atom. The van der Waals surface area contributed by atoms with Crippen LogP contribution in [-0.2, 0) is 4.79 Å². The molecule has 2 N–H and O–H groups in total. The molecule has 0 aromatic heterocycles. The highest BCUT2D eigenvalue weighted by Gasteiger charge is 2.29. The Hall–Kier alpha value is -1.06. The first-order chi connectivity index (χ1) is 9.83. The zero-order valence-corrected chi connectivity index (χ0v) is 13.8. The van der Waals surface area contributed by atoms with Gasteiger partial charge in [-0.15, -0.1) is 0 Å². The smallest absolute Gasteiger partial charge is 0.221 e. The van der Waals surface area contributed by atoms with Gasteiger partial charge in [0.1, 0.15) is 0 Å². The van der Waals surface area contributed by atoms with Crippen LogP contribution in [0.3, 0.4) is 0 Å². The second kappa shape index (κ2) is 6.80. The van der Waals surface area contributed by atoms with Gasteiger partial charge in [0.15, 0.2) is 0 Å². The van der Waals surface area contributed by atoms with Crippen molar-refractivity contribution >= 4 is 17.5 Å². The summed E-state index contributed by atoms with van der Waals surface area (Å²) in [5.41, 5.74) is 1.18. The number of carbonyl (C=O) groups excluding carboxylic acids is 1. The lowest BCUT2D eigenvalue weighted by atomic mass is 9.76. The van der Waals surface area contributed by atoms with E-state index < -0.39 is 0 Å². The van der Waals surface area contributed by atoms with Crippen LogP contribution in [0.15, 0.2) is 24.3 Å². The van der Waals surface area contributed by atoms with Crippen molar-refractivity contribution in [1.29, 1.82) is 0 Å². The van der Waals surface area contributed by atoms with E-state index in [1.807, 2.05) is 32.9 Å². The van der Waals surface area contributed by atoms with Gasteiger partial charge < -0.3 is 10.6 Å². The Morgan fingerprint density at radius 3 is 2.67 bits per heavy atom. The molecule has 0 bridgehead atoms. The third-order valence-corrected chi connectivity index (χ3v) is 3.99. The summed E-state index contributed by atoms with van der Waals surface area (Å²) in [6.45, 7) is 6.74. The molecule has 1 saturated carbocycles. The maximum atomic E-state index is 11.7. The molecular weight excluding hydrogens is 284 g/mol. The molecule has 1 amide bonds. The monoisotopic (exact) mass is 308 g/mol. The van der Waals surface area contributed by atoms with E-state index in [0.717, 1.165) is 24.4 Å². The fourth-order valence-electron chi connectivity index (χ4n) is 2.69. The summed E-state index contributed by atoms with van der Waals surface area (Å²) in [5.74, 6) is 0.713. The molecule has 1 aromatic carbocycles. The van der Waals surface area contributed by atoms with Gasteiger partial charge >= 0.3 is 0 Å². The van der Waals surface area contributed by atoms with Crippen LogP contribution in [0.2, 0.25) is 5.02 Å². The molecule has 2 rings (SSSR count). The molecule has 1 aliphatic rings. The molecular formula is C17H25ClN2O. The van der Waals surface area contributed by atoms with Crippen molar-refractivity contribution in [2.45, 2.75) is 57.5 Å². The van der Waals surface area contributed by atoms with Crippen molar-refractivity contribution in [2.75, 3.05) is 6.54 Å². The van der Waals surface area contributed by atoms with E-state index in [9.17, 15) is 4.79 Å². The number of amides is 1. The van der Waals surface area contributed by atoms with E-state index in [1.165, 1.54) is 5.56 Å². The van der Waals surface area contributed by atoms with Crippen molar-refractivity contribution in [1.82, 2.24) is 10.6 Å². The number of hydrogen-bond donors (Lipinski definition) is 2. The summed E-state index contributed by atoms with van der Waals surface area (Å²) >= 11 is 6.02. The molecule has 0 spiro atoms. The molecule has 0 atom stereocenters. The maximum Gasteiger partial charge on any atom is 0.221 e. The minimum Gasteiger partial charge on any atom is -0.351 e. The summed E-state index contributed by atoms with van der Waals surface area (Å²) in [7, 11) is 0. The zero-order valence-electron chi connectivity index (χ0n) is 13.1. The van der Waals surface area contributed by atoms with Gasteiger partial charge in [0.2, 0.25) is 5.91 Å². The van der Waals surface area contributed by atoms with Crippen LogP contribution in [0.4, 0.5) is 0 Å². The third-order valence-electron chi connectivity index (χ3n) is 3.76. The third kappa shape index (κ3) is 5.33. The van der Waals surface area contributed by atoms with E-state index in [4.69, 9.17) is 11.6 Å². The van der Waals surface area contributed by atoms with Gasteiger partial charge in [0.05, 0.1) is 0 Å². The second-order valence-electron chi connectivity index (χ2n) is 6.92. The van der Waals surface area contributed by atoms with E-state index in [-0.39, 0.29) is 11.4 Å². The summed E-state index contributed by atoms with van der Waals surface area (Å²) in [6.07, 6.45) is 2.79. The average Bonchev–Trinajstić information content (AvgIpc) is 2.29. The molecule has 1 aliphatic carbocycles.